The summed E-state index contributed by atoms with van der Waals surface area (Å²) in [6.45, 7) is 2.40. The lowest BCUT2D eigenvalue weighted by molar-refractivity contribution is -0.111. The van der Waals surface area contributed by atoms with Gasteiger partial charge < -0.3 is 25.8 Å². The molecule has 1 saturated heterocycles. The van der Waals surface area contributed by atoms with Crippen LogP contribution in [0.3, 0.4) is 0 Å². The van der Waals surface area contributed by atoms with Crippen molar-refractivity contribution in [1.82, 2.24) is 24.8 Å². The SMILES string of the molecule is CN(C)C/C=C/C(=O)Nc1ccc(C(=O)N2CCCCC2)cc1.Nc1ncc(Cl)c(-c2c[nH]c3ccccc23)n1. The molecule has 2 amide bonds. The summed E-state index contributed by atoms with van der Waals surface area (Å²) in [7, 11) is 3.89. The Labute approximate surface area is 239 Å². The van der Waals surface area contributed by atoms with Gasteiger partial charge in [0, 0.05) is 59.6 Å². The number of nitrogens with zero attached hydrogens (tertiary/aromatic N) is 4. The molecule has 3 heterocycles. The number of H-pyrrole nitrogens is 1. The first-order valence-corrected chi connectivity index (χ1v) is 13.6. The molecule has 208 valence electrons. The Hall–Kier alpha value is -4.21. The molecule has 2 aromatic heterocycles. The first-order valence-electron chi connectivity index (χ1n) is 13.2. The number of hydrogen-bond donors (Lipinski definition) is 3. The Bertz CT molecular complexity index is 1480. The molecule has 0 spiro atoms. The van der Waals surface area contributed by atoms with Crippen LogP contribution >= 0.6 is 11.6 Å². The number of amides is 2. The fourth-order valence-electron chi connectivity index (χ4n) is 4.37. The van der Waals surface area contributed by atoms with Crippen LogP contribution in [0.2, 0.25) is 5.02 Å². The van der Waals surface area contributed by atoms with Crippen molar-refractivity contribution < 1.29 is 9.59 Å². The molecule has 9 nitrogen and oxygen atoms in total. The van der Waals surface area contributed by atoms with Gasteiger partial charge in [-0.15, -0.1) is 0 Å². The number of aromatic amines is 1. The lowest BCUT2D eigenvalue weighted by Gasteiger charge is -2.26. The highest BCUT2D eigenvalue weighted by Crippen LogP contribution is 2.31. The minimum atomic E-state index is -0.165. The van der Waals surface area contributed by atoms with E-state index in [4.69, 9.17) is 17.3 Å². The lowest BCUT2D eigenvalue weighted by Crippen LogP contribution is -2.35. The van der Waals surface area contributed by atoms with E-state index in [9.17, 15) is 9.59 Å². The summed E-state index contributed by atoms with van der Waals surface area (Å²) < 4.78 is 0. The fourth-order valence-corrected chi connectivity index (χ4v) is 4.56. The molecular weight excluding hydrogens is 526 g/mol. The van der Waals surface area contributed by atoms with Crippen molar-refractivity contribution in [3.8, 4) is 11.3 Å². The molecule has 0 aliphatic carbocycles. The molecule has 1 fully saturated rings. The van der Waals surface area contributed by atoms with Gasteiger partial charge in [-0.3, -0.25) is 9.59 Å². The zero-order valence-electron chi connectivity index (χ0n) is 22.7. The minimum absolute atomic E-state index is 0.0773. The number of anilines is 2. The van der Waals surface area contributed by atoms with Crippen LogP contribution < -0.4 is 11.1 Å². The third-order valence-electron chi connectivity index (χ3n) is 6.39. The van der Waals surface area contributed by atoms with Gasteiger partial charge in [0.25, 0.3) is 5.91 Å². The maximum absolute atomic E-state index is 12.4. The topological polar surface area (TPSA) is 120 Å². The maximum Gasteiger partial charge on any atom is 0.253 e. The van der Waals surface area contributed by atoms with Crippen LogP contribution in [0.1, 0.15) is 29.6 Å². The number of piperidine rings is 1. The quantitative estimate of drug-likeness (QED) is 0.278. The molecule has 0 unspecified atom stereocenters. The van der Waals surface area contributed by atoms with Gasteiger partial charge in [0.1, 0.15) is 0 Å². The minimum Gasteiger partial charge on any atom is -0.368 e. The van der Waals surface area contributed by atoms with Crippen LogP contribution in [0, 0.1) is 0 Å². The normalized spacial score (nSPS) is 13.3. The molecule has 4 N–H and O–H groups in total. The molecule has 1 aliphatic rings. The highest BCUT2D eigenvalue weighted by molar-refractivity contribution is 6.33. The zero-order valence-corrected chi connectivity index (χ0v) is 23.5. The highest BCUT2D eigenvalue weighted by atomic mass is 35.5. The molecule has 1 aliphatic heterocycles. The van der Waals surface area contributed by atoms with Crippen LogP contribution in [0.5, 0.6) is 0 Å². The Kier molecular flexibility index (Phi) is 9.88. The van der Waals surface area contributed by atoms with Crippen molar-refractivity contribution in [3.05, 3.63) is 83.7 Å². The van der Waals surface area contributed by atoms with Crippen molar-refractivity contribution >= 4 is 46.0 Å². The molecule has 2 aromatic carbocycles. The van der Waals surface area contributed by atoms with Crippen LogP contribution in [0.4, 0.5) is 11.6 Å². The predicted octanol–water partition coefficient (Wildman–Crippen LogP) is 5.23. The van der Waals surface area contributed by atoms with Crippen LogP contribution in [-0.4, -0.2) is 70.3 Å². The Balaban J connectivity index is 0.000000192. The smallest absolute Gasteiger partial charge is 0.253 e. The van der Waals surface area contributed by atoms with Crippen molar-refractivity contribution in [2.75, 3.05) is 44.8 Å². The summed E-state index contributed by atoms with van der Waals surface area (Å²) in [5.74, 6) is 0.130. The second kappa shape index (κ2) is 13.7. The Morgan fingerprint density at radius 2 is 1.82 bits per heavy atom. The third kappa shape index (κ3) is 7.68. The van der Waals surface area contributed by atoms with Gasteiger partial charge in [0.2, 0.25) is 11.9 Å². The largest absolute Gasteiger partial charge is 0.368 e. The van der Waals surface area contributed by atoms with Crippen LogP contribution in [0.15, 0.2) is 73.1 Å². The Morgan fingerprint density at radius 1 is 1.10 bits per heavy atom. The number of hydrogen-bond acceptors (Lipinski definition) is 6. The van der Waals surface area contributed by atoms with Gasteiger partial charge in [0.15, 0.2) is 0 Å². The second-order valence-corrected chi connectivity index (χ2v) is 10.2. The van der Waals surface area contributed by atoms with Crippen molar-refractivity contribution in [2.45, 2.75) is 19.3 Å². The van der Waals surface area contributed by atoms with Gasteiger partial charge in [-0.1, -0.05) is 35.9 Å². The number of nitrogen functional groups attached to an aromatic ring is 1. The van der Waals surface area contributed by atoms with E-state index in [0.717, 1.165) is 48.9 Å². The van der Waals surface area contributed by atoms with Crippen molar-refractivity contribution in [1.29, 1.82) is 0 Å². The van der Waals surface area contributed by atoms with E-state index in [1.54, 1.807) is 24.3 Å². The number of halogens is 1. The summed E-state index contributed by atoms with van der Waals surface area (Å²) in [6, 6.07) is 15.0. The van der Waals surface area contributed by atoms with Gasteiger partial charge in [-0.25, -0.2) is 9.97 Å². The zero-order chi connectivity index (χ0) is 28.5. The first-order chi connectivity index (χ1) is 19.3. The molecule has 4 aromatic rings. The summed E-state index contributed by atoms with van der Waals surface area (Å²) in [5, 5.41) is 4.34. The molecule has 0 atom stereocenters. The second-order valence-electron chi connectivity index (χ2n) is 9.76. The lowest BCUT2D eigenvalue weighted by atomic mass is 10.1. The first kappa shape index (κ1) is 28.8. The summed E-state index contributed by atoms with van der Waals surface area (Å²) >= 11 is 6.09. The van der Waals surface area contributed by atoms with E-state index < -0.39 is 0 Å². The molecule has 40 heavy (non-hydrogen) atoms. The highest BCUT2D eigenvalue weighted by Gasteiger charge is 2.18. The molecule has 10 heteroatoms. The summed E-state index contributed by atoms with van der Waals surface area (Å²) in [6.07, 6.45) is 10.1. The van der Waals surface area contributed by atoms with E-state index in [0.29, 0.717) is 22.0 Å². The van der Waals surface area contributed by atoms with E-state index in [-0.39, 0.29) is 17.8 Å². The maximum atomic E-state index is 12.4. The number of rotatable bonds is 6. The van der Waals surface area contributed by atoms with Crippen molar-refractivity contribution in [2.24, 2.45) is 0 Å². The average Bonchev–Trinajstić information content (AvgIpc) is 3.39. The number of nitrogens with one attached hydrogen (secondary N) is 2. The van der Waals surface area contributed by atoms with Crippen LogP contribution in [0.25, 0.3) is 22.2 Å². The fraction of sp³-hybridized carbons (Fsp3) is 0.267. The monoisotopic (exact) mass is 559 g/mol. The third-order valence-corrected chi connectivity index (χ3v) is 6.67. The van der Waals surface area contributed by atoms with Gasteiger partial charge in [-0.05, 0) is 63.7 Å². The van der Waals surface area contributed by atoms with E-state index in [1.165, 1.54) is 18.7 Å². The summed E-state index contributed by atoms with van der Waals surface area (Å²) in [4.78, 5) is 39.2. The number of carbonyl (C=O) groups excluding carboxylic acids is 2. The van der Waals surface area contributed by atoms with Gasteiger partial charge in [-0.2, -0.15) is 0 Å². The number of benzene rings is 2. The number of fused-ring (bicyclic) bond motifs is 1. The number of likely N-dealkylation sites (tertiary alicyclic amines) is 1. The van der Waals surface area contributed by atoms with Gasteiger partial charge in [0.05, 0.1) is 16.9 Å². The number of para-hydroxylation sites is 1. The van der Waals surface area contributed by atoms with E-state index >= 15 is 0 Å². The number of carbonyl (C=O) groups is 2. The molecule has 0 saturated carbocycles. The average molecular weight is 560 g/mol. The molecule has 5 rings (SSSR count). The number of nitrogens with two attached hydrogens (primary N) is 1. The van der Waals surface area contributed by atoms with E-state index in [2.05, 4.69) is 20.3 Å². The number of likely N-dealkylation sites (N-methyl/N-ethyl adjacent to an activating group) is 1. The molecule has 0 bridgehead atoms. The molecule has 0 radical (unpaired) electrons. The number of aromatic nitrogens is 3. The van der Waals surface area contributed by atoms with Crippen LogP contribution in [-0.2, 0) is 4.79 Å². The predicted molar refractivity (Wildman–Crippen MR) is 161 cm³/mol. The van der Waals surface area contributed by atoms with E-state index in [1.807, 2.05) is 60.4 Å². The molecular formula is C30H34ClN7O2. The standard InChI is InChI=1S/C18H25N3O2.C12H9ClN4/c1-20(2)12-6-7-17(22)19-16-10-8-15(9-11-16)18(23)21-13-4-3-5-14-21;13-9-6-16-12(14)17-11(9)8-5-15-10-4-2-1-3-7(8)10/h6-11H,3-5,12-14H2,1-2H3,(H,19,22);1-6,15H,(H2,14,16,17)/b7-6+;. The summed E-state index contributed by atoms with van der Waals surface area (Å²) in [5.41, 5.74) is 9.57. The van der Waals surface area contributed by atoms with Crippen molar-refractivity contribution in [3.63, 3.8) is 0 Å². The Morgan fingerprint density at radius 3 is 2.55 bits per heavy atom. The van der Waals surface area contributed by atoms with Gasteiger partial charge >= 0.3 is 0 Å².